The maximum atomic E-state index is 11.4. The summed E-state index contributed by atoms with van der Waals surface area (Å²) in [5.41, 5.74) is 3.09. The number of benzene rings is 2. The zero-order chi connectivity index (χ0) is 13.0. The van der Waals surface area contributed by atoms with Crippen LogP contribution in [0.5, 0.6) is 0 Å². The Morgan fingerprint density at radius 1 is 0.944 bits per heavy atom. The van der Waals surface area contributed by atoms with Gasteiger partial charge in [0.1, 0.15) is 0 Å². The molecule has 0 saturated carbocycles. The number of hydrogen-bond donors (Lipinski definition) is 0. The second kappa shape index (κ2) is 5.36. The first-order valence-electron chi connectivity index (χ1n) is 5.69. The van der Waals surface area contributed by atoms with Gasteiger partial charge in [0.05, 0.1) is 7.11 Å². The van der Waals surface area contributed by atoms with E-state index in [4.69, 9.17) is 0 Å². The van der Waals surface area contributed by atoms with Crippen molar-refractivity contribution >= 4 is 11.8 Å². The highest BCUT2D eigenvalue weighted by Gasteiger charge is 2.10. The molecule has 3 nitrogen and oxygen atoms in total. The smallest absolute Gasteiger partial charge is 0.413 e. The van der Waals surface area contributed by atoms with E-state index in [1.165, 1.54) is 12.0 Å². The lowest BCUT2D eigenvalue weighted by atomic mass is 10.1. The fourth-order valence-electron chi connectivity index (χ4n) is 1.75. The van der Waals surface area contributed by atoms with Gasteiger partial charge < -0.3 is 4.74 Å². The first kappa shape index (κ1) is 12.2. The number of ether oxygens (including phenoxy) is 1. The van der Waals surface area contributed by atoms with E-state index in [1.807, 2.05) is 42.5 Å². The van der Waals surface area contributed by atoms with Gasteiger partial charge in [0, 0.05) is 12.7 Å². The van der Waals surface area contributed by atoms with Gasteiger partial charge in [-0.15, -0.1) is 0 Å². The van der Waals surface area contributed by atoms with Crippen molar-refractivity contribution in [2.24, 2.45) is 0 Å². The Balaban J connectivity index is 2.23. The van der Waals surface area contributed by atoms with Gasteiger partial charge in [0.15, 0.2) is 0 Å². The molecule has 0 aliphatic rings. The van der Waals surface area contributed by atoms with Crippen molar-refractivity contribution in [3.05, 3.63) is 54.6 Å². The van der Waals surface area contributed by atoms with Crippen molar-refractivity contribution in [2.75, 3.05) is 19.1 Å². The molecular weight excluding hydrogens is 226 g/mol. The van der Waals surface area contributed by atoms with Gasteiger partial charge in [-0.2, -0.15) is 0 Å². The number of amides is 1. The summed E-state index contributed by atoms with van der Waals surface area (Å²) in [6.07, 6.45) is -0.373. The molecule has 0 aliphatic carbocycles. The average Bonchev–Trinajstić information content (AvgIpc) is 2.47. The van der Waals surface area contributed by atoms with Gasteiger partial charge in [-0.3, -0.25) is 4.90 Å². The SMILES string of the molecule is COC(=O)N(C)c1ccc(-c2ccccc2)cc1. The molecule has 18 heavy (non-hydrogen) atoms. The lowest BCUT2D eigenvalue weighted by Gasteiger charge is -2.15. The Kier molecular flexibility index (Phi) is 3.63. The van der Waals surface area contributed by atoms with Gasteiger partial charge in [-0.25, -0.2) is 4.79 Å². The minimum Gasteiger partial charge on any atom is -0.452 e. The van der Waals surface area contributed by atoms with Gasteiger partial charge in [-0.05, 0) is 23.3 Å². The van der Waals surface area contributed by atoms with Crippen LogP contribution in [0.15, 0.2) is 54.6 Å². The summed E-state index contributed by atoms with van der Waals surface area (Å²) in [5, 5.41) is 0. The van der Waals surface area contributed by atoms with Crippen LogP contribution in [-0.2, 0) is 4.74 Å². The van der Waals surface area contributed by atoms with Crippen LogP contribution in [0.4, 0.5) is 10.5 Å². The Labute approximate surface area is 107 Å². The van der Waals surface area contributed by atoms with E-state index in [0.717, 1.165) is 16.8 Å². The van der Waals surface area contributed by atoms with E-state index in [9.17, 15) is 4.79 Å². The van der Waals surface area contributed by atoms with E-state index in [1.54, 1.807) is 7.05 Å². The molecule has 0 radical (unpaired) electrons. The number of carbonyl (C=O) groups is 1. The van der Waals surface area contributed by atoms with Crippen LogP contribution >= 0.6 is 0 Å². The van der Waals surface area contributed by atoms with E-state index in [-0.39, 0.29) is 6.09 Å². The summed E-state index contributed by atoms with van der Waals surface area (Å²) in [5.74, 6) is 0. The average molecular weight is 241 g/mol. The highest BCUT2D eigenvalue weighted by molar-refractivity contribution is 5.87. The zero-order valence-corrected chi connectivity index (χ0v) is 10.5. The molecule has 92 valence electrons. The minimum absolute atomic E-state index is 0.373. The van der Waals surface area contributed by atoms with Crippen molar-refractivity contribution in [1.29, 1.82) is 0 Å². The lowest BCUT2D eigenvalue weighted by molar-refractivity contribution is 0.180. The number of nitrogens with zero attached hydrogens (tertiary/aromatic N) is 1. The van der Waals surface area contributed by atoms with Gasteiger partial charge >= 0.3 is 6.09 Å². The van der Waals surface area contributed by atoms with Crippen molar-refractivity contribution < 1.29 is 9.53 Å². The minimum atomic E-state index is -0.373. The van der Waals surface area contributed by atoms with E-state index >= 15 is 0 Å². The molecule has 2 aromatic carbocycles. The fourth-order valence-corrected chi connectivity index (χ4v) is 1.75. The Bertz CT molecular complexity index is 520. The zero-order valence-electron chi connectivity index (χ0n) is 10.5. The number of rotatable bonds is 2. The van der Waals surface area contributed by atoms with Crippen LogP contribution in [0.25, 0.3) is 11.1 Å². The van der Waals surface area contributed by atoms with E-state index in [0.29, 0.717) is 0 Å². The standard InChI is InChI=1S/C15H15NO2/c1-16(15(17)18-2)14-10-8-13(9-11-14)12-6-4-3-5-7-12/h3-11H,1-2H3. The number of hydrogen-bond acceptors (Lipinski definition) is 2. The highest BCUT2D eigenvalue weighted by atomic mass is 16.5. The summed E-state index contributed by atoms with van der Waals surface area (Å²) in [4.78, 5) is 12.8. The monoisotopic (exact) mass is 241 g/mol. The quantitative estimate of drug-likeness (QED) is 0.804. The second-order valence-electron chi connectivity index (χ2n) is 3.94. The molecule has 0 spiro atoms. The Hall–Kier alpha value is -2.29. The van der Waals surface area contributed by atoms with E-state index in [2.05, 4.69) is 16.9 Å². The van der Waals surface area contributed by atoms with Gasteiger partial charge in [-0.1, -0.05) is 42.5 Å². The van der Waals surface area contributed by atoms with Crippen molar-refractivity contribution in [3.63, 3.8) is 0 Å². The van der Waals surface area contributed by atoms with Gasteiger partial charge in [0.25, 0.3) is 0 Å². The Morgan fingerprint density at radius 2 is 1.50 bits per heavy atom. The molecule has 0 aliphatic heterocycles. The number of anilines is 1. The fraction of sp³-hybridized carbons (Fsp3) is 0.133. The van der Waals surface area contributed by atoms with E-state index < -0.39 is 0 Å². The van der Waals surface area contributed by atoms with Crippen LogP contribution in [0.1, 0.15) is 0 Å². The van der Waals surface area contributed by atoms with Crippen molar-refractivity contribution in [1.82, 2.24) is 0 Å². The first-order valence-corrected chi connectivity index (χ1v) is 5.69. The van der Waals surface area contributed by atoms with Crippen LogP contribution < -0.4 is 4.90 Å². The van der Waals surface area contributed by atoms with Crippen LogP contribution in [0, 0.1) is 0 Å². The van der Waals surface area contributed by atoms with Crippen molar-refractivity contribution in [3.8, 4) is 11.1 Å². The molecule has 2 rings (SSSR count). The van der Waals surface area contributed by atoms with Crippen LogP contribution in [0.3, 0.4) is 0 Å². The first-order chi connectivity index (χ1) is 8.72. The Morgan fingerprint density at radius 3 is 2.06 bits per heavy atom. The molecule has 0 unspecified atom stereocenters. The van der Waals surface area contributed by atoms with Crippen LogP contribution in [-0.4, -0.2) is 20.3 Å². The lowest BCUT2D eigenvalue weighted by Crippen LogP contribution is -2.25. The van der Waals surface area contributed by atoms with Crippen LogP contribution in [0.2, 0.25) is 0 Å². The molecule has 0 saturated heterocycles. The number of methoxy groups -OCH3 is 1. The third-order valence-corrected chi connectivity index (χ3v) is 2.81. The maximum absolute atomic E-state index is 11.4. The summed E-state index contributed by atoms with van der Waals surface area (Å²) >= 11 is 0. The molecule has 0 N–H and O–H groups in total. The third kappa shape index (κ3) is 2.51. The molecule has 0 aromatic heterocycles. The topological polar surface area (TPSA) is 29.5 Å². The molecule has 0 bridgehead atoms. The molecular formula is C15H15NO2. The molecule has 1 amide bonds. The third-order valence-electron chi connectivity index (χ3n) is 2.81. The van der Waals surface area contributed by atoms with Crippen molar-refractivity contribution in [2.45, 2.75) is 0 Å². The highest BCUT2D eigenvalue weighted by Crippen LogP contribution is 2.22. The molecule has 0 fully saturated rings. The maximum Gasteiger partial charge on any atom is 0.413 e. The summed E-state index contributed by atoms with van der Waals surface area (Å²) in [6.45, 7) is 0. The predicted octanol–water partition coefficient (Wildman–Crippen LogP) is 3.56. The summed E-state index contributed by atoms with van der Waals surface area (Å²) in [6, 6.07) is 17.9. The molecule has 0 atom stereocenters. The summed E-state index contributed by atoms with van der Waals surface area (Å²) < 4.78 is 4.67. The number of carbonyl (C=O) groups excluding carboxylic acids is 1. The summed E-state index contributed by atoms with van der Waals surface area (Å²) in [7, 11) is 3.06. The predicted molar refractivity (Wildman–Crippen MR) is 72.7 cm³/mol. The molecule has 2 aromatic rings. The molecule has 3 heteroatoms. The van der Waals surface area contributed by atoms with Gasteiger partial charge in [0.2, 0.25) is 0 Å². The largest absolute Gasteiger partial charge is 0.452 e. The normalized spacial score (nSPS) is 9.89. The second-order valence-corrected chi connectivity index (χ2v) is 3.94. The molecule has 0 heterocycles.